The molecule has 3 heterocycles. The molecule has 1 aromatic carbocycles. The zero-order chi connectivity index (χ0) is 18.6. The Bertz CT molecular complexity index is 876. The summed E-state index contributed by atoms with van der Waals surface area (Å²) >= 11 is 7.50. The summed E-state index contributed by atoms with van der Waals surface area (Å²) < 4.78 is 5.21. The van der Waals surface area contributed by atoms with Crippen LogP contribution >= 0.6 is 22.9 Å². The molecule has 0 N–H and O–H groups in total. The zero-order valence-corrected chi connectivity index (χ0v) is 16.6. The van der Waals surface area contributed by atoms with Crippen molar-refractivity contribution in [2.24, 2.45) is 0 Å². The van der Waals surface area contributed by atoms with Crippen LogP contribution in [0, 0.1) is 0 Å². The molecule has 0 saturated carbocycles. The number of hydrogen-bond acceptors (Lipinski definition) is 7. The Kier molecular flexibility index (Phi) is 5.52. The highest BCUT2D eigenvalue weighted by molar-refractivity contribution is 7.13. The number of anilines is 1. The van der Waals surface area contributed by atoms with Gasteiger partial charge in [-0.1, -0.05) is 11.6 Å². The summed E-state index contributed by atoms with van der Waals surface area (Å²) in [6.07, 6.45) is 0. The number of hydrogen-bond donors (Lipinski definition) is 0. The molecule has 27 heavy (non-hydrogen) atoms. The lowest BCUT2D eigenvalue weighted by Crippen LogP contribution is -2.46. The second-order valence-corrected chi connectivity index (χ2v) is 7.60. The van der Waals surface area contributed by atoms with Gasteiger partial charge in [0.2, 0.25) is 0 Å². The number of piperazine rings is 1. The molecule has 0 amide bonds. The van der Waals surface area contributed by atoms with Gasteiger partial charge in [-0.25, -0.2) is 4.98 Å². The molecule has 0 spiro atoms. The number of benzene rings is 1. The van der Waals surface area contributed by atoms with E-state index in [1.807, 2.05) is 30.3 Å². The third-order valence-electron chi connectivity index (χ3n) is 4.59. The van der Waals surface area contributed by atoms with E-state index >= 15 is 0 Å². The van der Waals surface area contributed by atoms with Gasteiger partial charge in [0.25, 0.3) is 0 Å². The quantitative estimate of drug-likeness (QED) is 0.651. The van der Waals surface area contributed by atoms with E-state index in [1.165, 1.54) is 0 Å². The van der Waals surface area contributed by atoms with Crippen LogP contribution in [0.3, 0.4) is 0 Å². The zero-order valence-electron chi connectivity index (χ0n) is 15.0. The summed E-state index contributed by atoms with van der Waals surface area (Å²) in [5, 5.41) is 11.7. The van der Waals surface area contributed by atoms with E-state index in [-0.39, 0.29) is 0 Å². The van der Waals surface area contributed by atoms with Gasteiger partial charge in [0, 0.05) is 43.7 Å². The van der Waals surface area contributed by atoms with Crippen LogP contribution in [0.4, 0.5) is 5.82 Å². The number of aromatic nitrogens is 3. The second-order valence-electron chi connectivity index (χ2n) is 6.35. The van der Waals surface area contributed by atoms with E-state index < -0.39 is 0 Å². The molecule has 8 heteroatoms. The van der Waals surface area contributed by atoms with Gasteiger partial charge in [-0.05, 0) is 36.4 Å². The van der Waals surface area contributed by atoms with Crippen molar-refractivity contribution in [2.75, 3.05) is 38.2 Å². The Morgan fingerprint density at radius 2 is 1.81 bits per heavy atom. The van der Waals surface area contributed by atoms with Crippen molar-refractivity contribution in [3.8, 4) is 16.3 Å². The average Bonchev–Trinajstić information content (AvgIpc) is 3.18. The molecule has 0 bridgehead atoms. The summed E-state index contributed by atoms with van der Waals surface area (Å²) in [5.41, 5.74) is 2.24. The van der Waals surface area contributed by atoms with Crippen molar-refractivity contribution < 1.29 is 4.74 Å². The van der Waals surface area contributed by atoms with Gasteiger partial charge in [-0.2, -0.15) is 0 Å². The van der Waals surface area contributed by atoms with Crippen LogP contribution in [0.25, 0.3) is 10.6 Å². The Morgan fingerprint density at radius 3 is 2.48 bits per heavy atom. The summed E-state index contributed by atoms with van der Waals surface area (Å²) in [7, 11) is 1.68. The van der Waals surface area contributed by atoms with Crippen molar-refractivity contribution in [1.29, 1.82) is 0 Å². The summed E-state index contributed by atoms with van der Waals surface area (Å²) in [5.74, 6) is 1.74. The van der Waals surface area contributed by atoms with Gasteiger partial charge in [0.1, 0.15) is 10.8 Å². The van der Waals surface area contributed by atoms with Crippen LogP contribution in [-0.4, -0.2) is 53.4 Å². The summed E-state index contributed by atoms with van der Waals surface area (Å²) in [6, 6.07) is 11.7. The summed E-state index contributed by atoms with van der Waals surface area (Å²) in [6.45, 7) is 4.66. The number of methoxy groups -OCH3 is 1. The number of halogens is 1. The van der Waals surface area contributed by atoms with Crippen molar-refractivity contribution in [2.45, 2.75) is 6.54 Å². The first-order valence-corrected chi connectivity index (χ1v) is 10.0. The fourth-order valence-electron chi connectivity index (χ4n) is 3.09. The van der Waals surface area contributed by atoms with E-state index in [2.05, 4.69) is 25.4 Å². The number of ether oxygens (including phenoxy) is 1. The molecule has 0 aliphatic carbocycles. The lowest BCUT2D eigenvalue weighted by atomic mass is 10.2. The Labute approximate surface area is 167 Å². The third-order valence-corrected chi connectivity index (χ3v) is 5.73. The SMILES string of the molecule is COc1ccc(-c2nc(CN3CCN(c4ccc(Cl)nn4)CC3)cs2)cc1. The Hall–Kier alpha value is -2.22. The maximum absolute atomic E-state index is 5.81. The van der Waals surface area contributed by atoms with E-state index in [9.17, 15) is 0 Å². The smallest absolute Gasteiger partial charge is 0.151 e. The standard InChI is InChI=1S/C19H20ClN5OS/c1-26-16-4-2-14(3-5-16)19-21-15(13-27-19)12-24-8-10-25(11-9-24)18-7-6-17(20)22-23-18/h2-7,13H,8-12H2,1H3. The van der Waals surface area contributed by atoms with Crippen LogP contribution in [0.15, 0.2) is 41.8 Å². The van der Waals surface area contributed by atoms with Gasteiger partial charge < -0.3 is 9.64 Å². The molecule has 1 saturated heterocycles. The van der Waals surface area contributed by atoms with Crippen LogP contribution < -0.4 is 9.64 Å². The van der Waals surface area contributed by atoms with E-state index in [0.29, 0.717) is 5.15 Å². The summed E-state index contributed by atoms with van der Waals surface area (Å²) in [4.78, 5) is 9.47. The normalized spacial score (nSPS) is 15.1. The predicted molar refractivity (Wildman–Crippen MR) is 109 cm³/mol. The maximum atomic E-state index is 5.81. The fourth-order valence-corrected chi connectivity index (χ4v) is 4.01. The highest BCUT2D eigenvalue weighted by atomic mass is 35.5. The van der Waals surface area contributed by atoms with Crippen molar-refractivity contribution in [3.05, 3.63) is 52.6 Å². The first kappa shape index (κ1) is 18.2. The van der Waals surface area contributed by atoms with Crippen molar-refractivity contribution in [1.82, 2.24) is 20.1 Å². The van der Waals surface area contributed by atoms with Gasteiger partial charge >= 0.3 is 0 Å². The minimum absolute atomic E-state index is 0.425. The Morgan fingerprint density at radius 1 is 1.04 bits per heavy atom. The predicted octanol–water partition coefficient (Wildman–Crippen LogP) is 3.58. The third kappa shape index (κ3) is 4.37. The van der Waals surface area contributed by atoms with Gasteiger partial charge in [0.15, 0.2) is 11.0 Å². The largest absolute Gasteiger partial charge is 0.497 e. The lowest BCUT2D eigenvalue weighted by Gasteiger charge is -2.34. The molecule has 6 nitrogen and oxygen atoms in total. The highest BCUT2D eigenvalue weighted by Crippen LogP contribution is 2.26. The number of nitrogens with zero attached hydrogens (tertiary/aromatic N) is 5. The van der Waals surface area contributed by atoms with Crippen LogP contribution in [0.1, 0.15) is 5.69 Å². The molecule has 140 valence electrons. The van der Waals surface area contributed by atoms with Gasteiger partial charge in [-0.15, -0.1) is 21.5 Å². The van der Waals surface area contributed by atoms with Crippen LogP contribution in [0.5, 0.6) is 5.75 Å². The molecular formula is C19H20ClN5OS. The minimum atomic E-state index is 0.425. The van der Waals surface area contributed by atoms with Gasteiger partial charge in [-0.3, -0.25) is 4.90 Å². The topological polar surface area (TPSA) is 54.4 Å². The van der Waals surface area contributed by atoms with Crippen molar-refractivity contribution >= 4 is 28.8 Å². The molecule has 0 atom stereocenters. The van der Waals surface area contributed by atoms with Crippen LogP contribution in [-0.2, 0) is 6.54 Å². The van der Waals surface area contributed by atoms with E-state index in [4.69, 9.17) is 21.3 Å². The first-order chi connectivity index (χ1) is 13.2. The lowest BCUT2D eigenvalue weighted by molar-refractivity contribution is 0.247. The first-order valence-electron chi connectivity index (χ1n) is 8.76. The maximum Gasteiger partial charge on any atom is 0.151 e. The average molecular weight is 402 g/mol. The van der Waals surface area contributed by atoms with Crippen LogP contribution in [0.2, 0.25) is 5.15 Å². The molecular weight excluding hydrogens is 382 g/mol. The molecule has 4 rings (SSSR count). The van der Waals surface area contributed by atoms with Crippen molar-refractivity contribution in [3.63, 3.8) is 0 Å². The van der Waals surface area contributed by atoms with E-state index in [0.717, 1.165) is 60.6 Å². The highest BCUT2D eigenvalue weighted by Gasteiger charge is 2.19. The number of thiazole rings is 1. The molecule has 2 aromatic heterocycles. The molecule has 1 fully saturated rings. The second kappa shape index (κ2) is 8.21. The molecule has 0 unspecified atom stereocenters. The number of rotatable bonds is 5. The fraction of sp³-hybridized carbons (Fsp3) is 0.316. The van der Waals surface area contributed by atoms with E-state index in [1.54, 1.807) is 24.5 Å². The van der Waals surface area contributed by atoms with Gasteiger partial charge in [0.05, 0.1) is 12.8 Å². The molecule has 1 aliphatic heterocycles. The molecule has 3 aromatic rings. The monoisotopic (exact) mass is 401 g/mol. The molecule has 0 radical (unpaired) electrons. The molecule has 1 aliphatic rings. The Balaban J connectivity index is 1.34. The minimum Gasteiger partial charge on any atom is -0.497 e.